The number of rotatable bonds is 5. The number of aromatic nitrogens is 4. The molecule has 0 spiro atoms. The molecule has 7 nitrogen and oxygen atoms in total. The second-order valence-corrected chi connectivity index (χ2v) is 6.16. The van der Waals surface area contributed by atoms with E-state index < -0.39 is 0 Å². The minimum Gasteiger partial charge on any atom is -0.345 e. The van der Waals surface area contributed by atoms with Crippen molar-refractivity contribution in [3.05, 3.63) is 34.9 Å². The number of nitrogens with one attached hydrogen (secondary N) is 1. The fraction of sp³-hybridized carbons (Fsp3) is 0.529. The molecule has 1 fully saturated rings. The first kappa shape index (κ1) is 16.4. The molecule has 1 amide bonds. The fourth-order valence-corrected chi connectivity index (χ4v) is 3.00. The Balaban J connectivity index is 1.72. The summed E-state index contributed by atoms with van der Waals surface area (Å²) in [6.07, 6.45) is 2.30. The van der Waals surface area contributed by atoms with Gasteiger partial charge in [-0.2, -0.15) is 5.10 Å². The monoisotopic (exact) mass is 328 g/mol. The summed E-state index contributed by atoms with van der Waals surface area (Å²) in [6, 6.07) is 3.72. The van der Waals surface area contributed by atoms with E-state index >= 15 is 0 Å². The SMILES string of the molecule is CCn1nc(C)cc1CNC(=O)c1cc(C)nc(N2CCCC2)n1. The van der Waals surface area contributed by atoms with E-state index in [-0.39, 0.29) is 5.91 Å². The van der Waals surface area contributed by atoms with Crippen molar-refractivity contribution in [3.8, 4) is 0 Å². The van der Waals surface area contributed by atoms with Gasteiger partial charge in [-0.05, 0) is 45.7 Å². The Bertz CT molecular complexity index is 733. The number of anilines is 1. The quantitative estimate of drug-likeness (QED) is 0.906. The lowest BCUT2D eigenvalue weighted by atomic mass is 10.3. The number of aryl methyl sites for hydroxylation is 3. The lowest BCUT2D eigenvalue weighted by molar-refractivity contribution is 0.0944. The van der Waals surface area contributed by atoms with Gasteiger partial charge in [0.15, 0.2) is 0 Å². The Morgan fingerprint density at radius 1 is 1.17 bits per heavy atom. The van der Waals surface area contributed by atoms with Gasteiger partial charge in [-0.25, -0.2) is 9.97 Å². The van der Waals surface area contributed by atoms with Crippen molar-refractivity contribution in [3.63, 3.8) is 0 Å². The molecule has 0 saturated carbocycles. The summed E-state index contributed by atoms with van der Waals surface area (Å²) in [4.78, 5) is 23.6. The normalized spacial score (nSPS) is 14.2. The third kappa shape index (κ3) is 3.55. The second-order valence-electron chi connectivity index (χ2n) is 6.16. The summed E-state index contributed by atoms with van der Waals surface area (Å²) >= 11 is 0. The molecule has 1 aliphatic rings. The molecular weight excluding hydrogens is 304 g/mol. The first-order chi connectivity index (χ1) is 11.6. The Morgan fingerprint density at radius 3 is 2.62 bits per heavy atom. The zero-order valence-corrected chi connectivity index (χ0v) is 14.5. The van der Waals surface area contributed by atoms with Crippen LogP contribution >= 0.6 is 0 Å². The highest BCUT2D eigenvalue weighted by Crippen LogP contribution is 2.16. The predicted molar refractivity (Wildman–Crippen MR) is 92.0 cm³/mol. The molecule has 0 atom stereocenters. The maximum Gasteiger partial charge on any atom is 0.270 e. The molecule has 7 heteroatoms. The Hall–Kier alpha value is -2.44. The van der Waals surface area contributed by atoms with Crippen LogP contribution in [0.25, 0.3) is 0 Å². The van der Waals surface area contributed by atoms with E-state index in [9.17, 15) is 4.79 Å². The van der Waals surface area contributed by atoms with Gasteiger partial charge in [0.25, 0.3) is 5.91 Å². The maximum absolute atomic E-state index is 12.5. The predicted octanol–water partition coefficient (Wildman–Crippen LogP) is 1.84. The molecule has 0 aliphatic carbocycles. The lowest BCUT2D eigenvalue weighted by Crippen LogP contribution is -2.27. The molecule has 2 aromatic rings. The van der Waals surface area contributed by atoms with Crippen LogP contribution in [0.4, 0.5) is 5.95 Å². The molecule has 0 aromatic carbocycles. The molecule has 2 aromatic heterocycles. The first-order valence-corrected chi connectivity index (χ1v) is 8.49. The maximum atomic E-state index is 12.5. The number of nitrogens with zero attached hydrogens (tertiary/aromatic N) is 5. The van der Waals surface area contributed by atoms with Gasteiger partial charge in [-0.15, -0.1) is 0 Å². The van der Waals surface area contributed by atoms with Crippen molar-refractivity contribution in [2.75, 3.05) is 18.0 Å². The van der Waals surface area contributed by atoms with Gasteiger partial charge in [-0.3, -0.25) is 9.48 Å². The van der Waals surface area contributed by atoms with Crippen molar-refractivity contribution in [2.45, 2.75) is 46.7 Å². The van der Waals surface area contributed by atoms with E-state index in [1.165, 1.54) is 0 Å². The lowest BCUT2D eigenvalue weighted by Gasteiger charge is -2.16. The Morgan fingerprint density at radius 2 is 1.92 bits per heavy atom. The van der Waals surface area contributed by atoms with E-state index in [4.69, 9.17) is 0 Å². The van der Waals surface area contributed by atoms with Gasteiger partial charge in [0.2, 0.25) is 5.95 Å². The summed E-state index contributed by atoms with van der Waals surface area (Å²) < 4.78 is 1.90. The highest BCUT2D eigenvalue weighted by molar-refractivity contribution is 5.92. The van der Waals surface area contributed by atoms with Crippen LogP contribution in [-0.2, 0) is 13.1 Å². The van der Waals surface area contributed by atoms with Crippen molar-refractivity contribution in [1.82, 2.24) is 25.1 Å². The molecule has 0 unspecified atom stereocenters. The highest BCUT2D eigenvalue weighted by Gasteiger charge is 2.18. The van der Waals surface area contributed by atoms with Crippen molar-refractivity contribution in [2.24, 2.45) is 0 Å². The van der Waals surface area contributed by atoms with E-state index in [0.29, 0.717) is 18.2 Å². The summed E-state index contributed by atoms with van der Waals surface area (Å²) in [5, 5.41) is 7.33. The van der Waals surface area contributed by atoms with E-state index in [1.807, 2.05) is 31.5 Å². The van der Waals surface area contributed by atoms with Crippen LogP contribution in [0.15, 0.2) is 12.1 Å². The van der Waals surface area contributed by atoms with Crippen LogP contribution in [-0.4, -0.2) is 38.7 Å². The summed E-state index contributed by atoms with van der Waals surface area (Å²) in [5.41, 5.74) is 3.18. The van der Waals surface area contributed by atoms with Gasteiger partial charge in [0.1, 0.15) is 5.69 Å². The number of carbonyl (C=O) groups is 1. The third-order valence-corrected chi connectivity index (χ3v) is 4.18. The van der Waals surface area contributed by atoms with Crippen LogP contribution < -0.4 is 10.2 Å². The zero-order valence-electron chi connectivity index (χ0n) is 14.5. The van der Waals surface area contributed by atoms with E-state index in [1.54, 1.807) is 6.07 Å². The molecule has 3 heterocycles. The topological polar surface area (TPSA) is 75.9 Å². The van der Waals surface area contributed by atoms with Crippen molar-refractivity contribution < 1.29 is 4.79 Å². The summed E-state index contributed by atoms with van der Waals surface area (Å²) in [6.45, 7) is 9.02. The van der Waals surface area contributed by atoms with Gasteiger partial charge in [-0.1, -0.05) is 0 Å². The zero-order chi connectivity index (χ0) is 17.1. The Kier molecular flexibility index (Phi) is 4.78. The molecular formula is C17H24N6O. The van der Waals surface area contributed by atoms with Crippen LogP contribution in [0.2, 0.25) is 0 Å². The largest absolute Gasteiger partial charge is 0.345 e. The molecule has 128 valence electrons. The van der Waals surface area contributed by atoms with Crippen molar-refractivity contribution in [1.29, 1.82) is 0 Å². The molecule has 3 rings (SSSR count). The van der Waals surface area contributed by atoms with Gasteiger partial charge < -0.3 is 10.2 Å². The second kappa shape index (κ2) is 6.98. The highest BCUT2D eigenvalue weighted by atomic mass is 16.1. The van der Waals surface area contributed by atoms with E-state index in [0.717, 1.165) is 49.6 Å². The number of carbonyl (C=O) groups excluding carboxylic acids is 1. The molecule has 1 N–H and O–H groups in total. The van der Waals surface area contributed by atoms with Crippen molar-refractivity contribution >= 4 is 11.9 Å². The third-order valence-electron chi connectivity index (χ3n) is 4.18. The van der Waals surface area contributed by atoms with E-state index in [2.05, 4.69) is 25.3 Å². The molecule has 1 aliphatic heterocycles. The molecule has 0 radical (unpaired) electrons. The summed E-state index contributed by atoms with van der Waals surface area (Å²) in [7, 11) is 0. The average molecular weight is 328 g/mol. The number of hydrogen-bond donors (Lipinski definition) is 1. The van der Waals surface area contributed by atoms with Gasteiger partial charge >= 0.3 is 0 Å². The first-order valence-electron chi connectivity index (χ1n) is 8.49. The van der Waals surface area contributed by atoms with Crippen LogP contribution in [0.5, 0.6) is 0 Å². The molecule has 0 bridgehead atoms. The molecule has 1 saturated heterocycles. The standard InChI is InChI=1S/C17H24N6O/c1-4-23-14(9-13(3)21-23)11-18-16(24)15-10-12(2)19-17(20-15)22-7-5-6-8-22/h9-10H,4-8,11H2,1-3H3,(H,18,24). The van der Waals surface area contributed by atoms with Gasteiger partial charge in [0, 0.05) is 25.3 Å². The van der Waals surface area contributed by atoms with Crippen LogP contribution in [0.3, 0.4) is 0 Å². The average Bonchev–Trinajstić information content (AvgIpc) is 3.21. The minimum absolute atomic E-state index is 0.178. The molecule has 24 heavy (non-hydrogen) atoms. The minimum atomic E-state index is -0.178. The number of hydrogen-bond acceptors (Lipinski definition) is 5. The summed E-state index contributed by atoms with van der Waals surface area (Å²) in [5.74, 6) is 0.481. The fourth-order valence-electron chi connectivity index (χ4n) is 3.00. The number of amides is 1. The smallest absolute Gasteiger partial charge is 0.270 e. The van der Waals surface area contributed by atoms with Crippen LogP contribution in [0.1, 0.15) is 47.3 Å². The Labute approximate surface area is 142 Å². The van der Waals surface area contributed by atoms with Crippen LogP contribution in [0, 0.1) is 13.8 Å². The van der Waals surface area contributed by atoms with Gasteiger partial charge in [0.05, 0.1) is 17.9 Å².